The molecule has 1 aliphatic rings. The number of carbonyl (C=O) groups excluding carboxylic acids is 1. The summed E-state index contributed by atoms with van der Waals surface area (Å²) in [5.74, 6) is -0.136. The first-order chi connectivity index (χ1) is 9.68. The van der Waals surface area contributed by atoms with E-state index in [0.29, 0.717) is 38.3 Å². The number of rotatable bonds is 5. The van der Waals surface area contributed by atoms with Crippen LogP contribution in [0.3, 0.4) is 0 Å². The van der Waals surface area contributed by atoms with Gasteiger partial charge in [0.25, 0.3) is 5.69 Å². The second-order valence-corrected chi connectivity index (χ2v) is 4.51. The fraction of sp³-hybridized carbons (Fsp3) is 0.462. The number of morpholine rings is 1. The largest absolute Gasteiger partial charge is 0.378 e. The van der Waals surface area contributed by atoms with E-state index in [1.165, 1.54) is 6.07 Å². The molecule has 7 nitrogen and oxygen atoms in total. The molecule has 0 spiro atoms. The van der Waals surface area contributed by atoms with Crippen molar-refractivity contribution in [2.75, 3.05) is 26.3 Å². The summed E-state index contributed by atoms with van der Waals surface area (Å²) in [5.41, 5.74) is 0.700. The highest BCUT2D eigenvalue weighted by Gasteiger charge is 2.20. The minimum Gasteiger partial charge on any atom is -0.378 e. The van der Waals surface area contributed by atoms with Crippen LogP contribution in [0.5, 0.6) is 0 Å². The van der Waals surface area contributed by atoms with E-state index in [0.717, 1.165) is 0 Å². The molecule has 0 aromatic heterocycles. The number of nitro groups is 1. The molecular weight excluding hydrogens is 298 g/mol. The summed E-state index contributed by atoms with van der Waals surface area (Å²) < 4.78 is 5.21. The Hall–Kier alpha value is -1.70. The van der Waals surface area contributed by atoms with Crippen LogP contribution in [0.25, 0.3) is 0 Å². The molecule has 1 unspecified atom stereocenters. The Morgan fingerprint density at radius 3 is 2.90 bits per heavy atom. The van der Waals surface area contributed by atoms with Gasteiger partial charge in [-0.05, 0) is 6.42 Å². The number of nitrogens with one attached hydrogen (secondary N) is 2. The molecule has 1 heterocycles. The number of nitro benzene ring substituents is 1. The van der Waals surface area contributed by atoms with Gasteiger partial charge in [-0.25, -0.2) is 0 Å². The van der Waals surface area contributed by atoms with Crippen molar-refractivity contribution >= 4 is 24.0 Å². The van der Waals surface area contributed by atoms with E-state index in [9.17, 15) is 14.9 Å². The molecule has 21 heavy (non-hydrogen) atoms. The number of benzene rings is 1. The van der Waals surface area contributed by atoms with Crippen LogP contribution in [0.15, 0.2) is 24.3 Å². The minimum atomic E-state index is -0.409. The Morgan fingerprint density at radius 1 is 1.48 bits per heavy atom. The van der Waals surface area contributed by atoms with Crippen LogP contribution in [0, 0.1) is 10.1 Å². The summed E-state index contributed by atoms with van der Waals surface area (Å²) in [6, 6.07) is 6.21. The van der Waals surface area contributed by atoms with Crippen LogP contribution in [0.1, 0.15) is 5.56 Å². The minimum absolute atomic E-state index is 0. The molecule has 2 rings (SSSR count). The average molecular weight is 316 g/mol. The second kappa shape index (κ2) is 8.56. The topological polar surface area (TPSA) is 93.5 Å². The molecule has 2 N–H and O–H groups in total. The fourth-order valence-electron chi connectivity index (χ4n) is 2.08. The standard InChI is InChI=1S/C13H17N3O4.ClH/c17-13(11-9-20-8-7-14-11)15-6-5-10-3-1-2-4-12(10)16(18)19;/h1-4,11,14H,5-9H2,(H,15,17);1H. The highest BCUT2D eigenvalue weighted by Crippen LogP contribution is 2.17. The van der Waals surface area contributed by atoms with Crippen molar-refractivity contribution in [2.45, 2.75) is 12.5 Å². The fourth-order valence-corrected chi connectivity index (χ4v) is 2.08. The smallest absolute Gasteiger partial charge is 0.272 e. The Labute approximate surface area is 128 Å². The van der Waals surface area contributed by atoms with Crippen LogP contribution < -0.4 is 10.6 Å². The van der Waals surface area contributed by atoms with Gasteiger partial charge in [0.05, 0.1) is 18.1 Å². The van der Waals surface area contributed by atoms with E-state index in [1.54, 1.807) is 18.2 Å². The van der Waals surface area contributed by atoms with Crippen LogP contribution in [0.4, 0.5) is 5.69 Å². The number of ether oxygens (including phenoxy) is 1. The van der Waals surface area contributed by atoms with Crippen molar-refractivity contribution in [1.29, 1.82) is 0 Å². The number of halogens is 1. The van der Waals surface area contributed by atoms with E-state index in [4.69, 9.17) is 4.74 Å². The molecule has 1 saturated heterocycles. The Balaban J connectivity index is 0.00000220. The first-order valence-electron chi connectivity index (χ1n) is 6.49. The average Bonchev–Trinajstić information content (AvgIpc) is 2.48. The molecule has 1 amide bonds. The van der Waals surface area contributed by atoms with Gasteiger partial charge in [0.15, 0.2) is 0 Å². The van der Waals surface area contributed by atoms with Crippen LogP contribution in [-0.4, -0.2) is 43.2 Å². The number of nitrogens with zero attached hydrogens (tertiary/aromatic N) is 1. The summed E-state index contributed by atoms with van der Waals surface area (Å²) in [6.07, 6.45) is 0.427. The summed E-state index contributed by atoms with van der Waals surface area (Å²) >= 11 is 0. The number of hydrogen-bond acceptors (Lipinski definition) is 5. The Morgan fingerprint density at radius 2 is 2.24 bits per heavy atom. The normalized spacial score (nSPS) is 17.6. The van der Waals surface area contributed by atoms with Gasteiger partial charge in [-0.1, -0.05) is 18.2 Å². The predicted octanol–water partition coefficient (Wildman–Crippen LogP) is 0.664. The quantitative estimate of drug-likeness (QED) is 0.615. The molecule has 0 bridgehead atoms. The molecule has 8 heteroatoms. The Bertz CT molecular complexity index is 492. The van der Waals surface area contributed by atoms with Crippen molar-refractivity contribution in [2.24, 2.45) is 0 Å². The van der Waals surface area contributed by atoms with Crippen LogP contribution in [-0.2, 0) is 16.0 Å². The molecular formula is C13H18ClN3O4. The third-order valence-corrected chi connectivity index (χ3v) is 3.12. The van der Waals surface area contributed by atoms with Crippen molar-refractivity contribution < 1.29 is 14.5 Å². The lowest BCUT2D eigenvalue weighted by Gasteiger charge is -2.22. The zero-order valence-electron chi connectivity index (χ0n) is 11.4. The summed E-state index contributed by atoms with van der Waals surface area (Å²) in [7, 11) is 0. The molecule has 1 aromatic carbocycles. The highest BCUT2D eigenvalue weighted by molar-refractivity contribution is 5.85. The second-order valence-electron chi connectivity index (χ2n) is 4.51. The van der Waals surface area contributed by atoms with Crippen molar-refractivity contribution in [3.05, 3.63) is 39.9 Å². The van der Waals surface area contributed by atoms with E-state index >= 15 is 0 Å². The SMILES string of the molecule is Cl.O=C(NCCc1ccccc1[N+](=O)[O-])C1COCCN1. The van der Waals surface area contributed by atoms with Crippen LogP contribution >= 0.6 is 12.4 Å². The number of amides is 1. The number of carbonyl (C=O) groups is 1. The van der Waals surface area contributed by atoms with Gasteiger partial charge in [-0.15, -0.1) is 12.4 Å². The molecule has 1 fully saturated rings. The molecule has 0 saturated carbocycles. The maximum Gasteiger partial charge on any atom is 0.272 e. The first-order valence-corrected chi connectivity index (χ1v) is 6.49. The zero-order chi connectivity index (χ0) is 14.4. The highest BCUT2D eigenvalue weighted by atomic mass is 35.5. The summed E-state index contributed by atoms with van der Waals surface area (Å²) in [4.78, 5) is 22.3. The molecule has 1 aromatic rings. The Kier molecular flexibility index (Phi) is 7.07. The van der Waals surface area contributed by atoms with E-state index in [-0.39, 0.29) is 30.0 Å². The van der Waals surface area contributed by atoms with Crippen molar-refractivity contribution in [1.82, 2.24) is 10.6 Å². The van der Waals surface area contributed by atoms with Crippen molar-refractivity contribution in [3.63, 3.8) is 0 Å². The lowest BCUT2D eigenvalue weighted by atomic mass is 10.1. The maximum absolute atomic E-state index is 11.8. The lowest BCUT2D eigenvalue weighted by Crippen LogP contribution is -2.51. The number of para-hydroxylation sites is 1. The van der Waals surface area contributed by atoms with E-state index in [1.807, 2.05) is 0 Å². The first kappa shape index (κ1) is 17.4. The van der Waals surface area contributed by atoms with Gasteiger partial charge in [-0.2, -0.15) is 0 Å². The van der Waals surface area contributed by atoms with Gasteiger partial charge in [0.1, 0.15) is 6.04 Å². The molecule has 0 radical (unpaired) electrons. The zero-order valence-corrected chi connectivity index (χ0v) is 12.2. The van der Waals surface area contributed by atoms with Gasteiger partial charge >= 0.3 is 0 Å². The van der Waals surface area contributed by atoms with Crippen molar-refractivity contribution in [3.8, 4) is 0 Å². The number of hydrogen-bond donors (Lipinski definition) is 2. The lowest BCUT2D eigenvalue weighted by molar-refractivity contribution is -0.385. The summed E-state index contributed by atoms with van der Waals surface area (Å²) in [6.45, 7) is 1.99. The van der Waals surface area contributed by atoms with Crippen LogP contribution in [0.2, 0.25) is 0 Å². The molecule has 1 atom stereocenters. The van der Waals surface area contributed by atoms with Gasteiger partial charge < -0.3 is 15.4 Å². The molecule has 116 valence electrons. The summed E-state index contributed by atoms with van der Waals surface area (Å²) in [5, 5.41) is 16.7. The monoisotopic (exact) mass is 315 g/mol. The maximum atomic E-state index is 11.8. The van der Waals surface area contributed by atoms with Gasteiger partial charge in [-0.3, -0.25) is 14.9 Å². The third-order valence-electron chi connectivity index (χ3n) is 3.12. The van der Waals surface area contributed by atoms with E-state index < -0.39 is 4.92 Å². The molecule has 1 aliphatic heterocycles. The molecule has 0 aliphatic carbocycles. The predicted molar refractivity (Wildman–Crippen MR) is 79.7 cm³/mol. The third kappa shape index (κ3) is 4.96. The van der Waals surface area contributed by atoms with Gasteiger partial charge in [0, 0.05) is 24.7 Å². The van der Waals surface area contributed by atoms with E-state index in [2.05, 4.69) is 10.6 Å². The van der Waals surface area contributed by atoms with Gasteiger partial charge in [0.2, 0.25) is 5.91 Å².